The first-order valence-corrected chi connectivity index (χ1v) is 14.8. The van der Waals surface area contributed by atoms with Crippen LogP contribution < -0.4 is 0 Å². The molecule has 0 saturated heterocycles. The molecular formula is C31H63ClO. The molecule has 0 aromatic heterocycles. The number of ether oxygens (including phenoxy) is 1. The molecule has 5 unspecified atom stereocenters. The van der Waals surface area contributed by atoms with E-state index < -0.39 is 0 Å². The van der Waals surface area contributed by atoms with Gasteiger partial charge >= 0.3 is 0 Å². The van der Waals surface area contributed by atoms with E-state index in [2.05, 4.69) is 90.0 Å². The van der Waals surface area contributed by atoms with Crippen LogP contribution in [0.1, 0.15) is 141 Å². The normalized spacial score (nSPS) is 28.8. The van der Waals surface area contributed by atoms with Crippen molar-refractivity contribution in [3.8, 4) is 0 Å². The van der Waals surface area contributed by atoms with Crippen LogP contribution in [-0.4, -0.2) is 18.6 Å². The monoisotopic (exact) mass is 486 g/mol. The molecule has 1 rings (SSSR count). The van der Waals surface area contributed by atoms with Crippen molar-refractivity contribution in [1.82, 2.24) is 0 Å². The second-order valence-corrected chi connectivity index (χ2v) is 14.0. The molecule has 0 amide bonds. The van der Waals surface area contributed by atoms with Crippen molar-refractivity contribution in [2.45, 2.75) is 147 Å². The van der Waals surface area contributed by atoms with Gasteiger partial charge in [-0.05, 0) is 46.8 Å². The smallest absolute Gasteiger partial charge is 0.0670 e. The summed E-state index contributed by atoms with van der Waals surface area (Å²) in [5.74, 6) is 2.88. The molecule has 1 nitrogen and oxygen atoms in total. The fourth-order valence-electron chi connectivity index (χ4n) is 7.50. The van der Waals surface area contributed by atoms with Crippen molar-refractivity contribution in [2.75, 3.05) is 12.5 Å². The van der Waals surface area contributed by atoms with Crippen molar-refractivity contribution in [2.24, 2.45) is 39.4 Å². The maximum Gasteiger partial charge on any atom is 0.0670 e. The first-order valence-electron chi connectivity index (χ1n) is 14.3. The number of hydrogen-bond donors (Lipinski definition) is 0. The van der Waals surface area contributed by atoms with Crippen LogP contribution in [0.3, 0.4) is 0 Å². The van der Waals surface area contributed by atoms with Gasteiger partial charge in [-0.15, -0.1) is 11.6 Å². The van der Waals surface area contributed by atoms with Crippen LogP contribution in [0, 0.1) is 39.4 Å². The minimum Gasteiger partial charge on any atom is -0.377 e. The van der Waals surface area contributed by atoms with Gasteiger partial charge in [-0.1, -0.05) is 129 Å². The van der Waals surface area contributed by atoms with E-state index in [0.717, 1.165) is 24.8 Å². The highest BCUT2D eigenvalue weighted by Crippen LogP contribution is 2.77. The van der Waals surface area contributed by atoms with Crippen LogP contribution in [0.15, 0.2) is 0 Å². The number of halogens is 1. The zero-order chi connectivity index (χ0) is 26.1. The molecule has 33 heavy (non-hydrogen) atoms. The van der Waals surface area contributed by atoms with Crippen LogP contribution in [0.25, 0.3) is 0 Å². The van der Waals surface area contributed by atoms with Gasteiger partial charge in [0.25, 0.3) is 0 Å². The lowest BCUT2D eigenvalue weighted by atomic mass is 9.28. The SMILES string of the molecule is CC(C)CCCl.CCCCCCCCOC1C(C)C(C(C)CC)(C(C)(C)C)C1(C)C(C)(C)C. The number of rotatable bonds is 12. The fourth-order valence-corrected chi connectivity index (χ4v) is 7.94. The number of unbranched alkanes of at least 4 members (excludes halogenated alkanes) is 5. The Kier molecular flexibility index (Phi) is 14.2. The molecular weight excluding hydrogens is 424 g/mol. The van der Waals surface area contributed by atoms with Crippen LogP contribution in [-0.2, 0) is 4.74 Å². The van der Waals surface area contributed by atoms with Gasteiger partial charge in [-0.2, -0.15) is 0 Å². The van der Waals surface area contributed by atoms with Gasteiger partial charge in [0.2, 0.25) is 0 Å². The van der Waals surface area contributed by atoms with Crippen molar-refractivity contribution in [3.63, 3.8) is 0 Å². The van der Waals surface area contributed by atoms with E-state index in [-0.39, 0.29) is 16.2 Å². The summed E-state index contributed by atoms with van der Waals surface area (Å²) in [6.45, 7) is 32.2. The van der Waals surface area contributed by atoms with Gasteiger partial charge in [0.15, 0.2) is 0 Å². The average molecular weight is 487 g/mol. The van der Waals surface area contributed by atoms with E-state index in [0.29, 0.717) is 23.4 Å². The summed E-state index contributed by atoms with van der Waals surface area (Å²) >= 11 is 5.40. The molecule has 0 aromatic carbocycles. The van der Waals surface area contributed by atoms with Crippen molar-refractivity contribution < 1.29 is 4.74 Å². The molecule has 0 bridgehead atoms. The fraction of sp³-hybridized carbons (Fsp3) is 1.00. The Morgan fingerprint density at radius 2 is 1.36 bits per heavy atom. The lowest BCUT2D eigenvalue weighted by Gasteiger charge is -2.78. The quantitative estimate of drug-likeness (QED) is 0.197. The second-order valence-electron chi connectivity index (χ2n) is 13.6. The highest BCUT2D eigenvalue weighted by atomic mass is 35.5. The third kappa shape index (κ3) is 7.38. The van der Waals surface area contributed by atoms with E-state index in [4.69, 9.17) is 16.3 Å². The first-order chi connectivity index (χ1) is 15.1. The summed E-state index contributed by atoms with van der Waals surface area (Å²) < 4.78 is 6.68. The standard InChI is InChI=1S/C26H52O.C5H11Cl/c1-12-14-15-16-17-18-19-27-22-21(4)26(20(3)13-2,24(8,9)10)25(22,11)23(5,6)7;1-5(2)3-4-6/h20-22H,12-19H2,1-11H3;5H,3-4H2,1-2H3. The lowest BCUT2D eigenvalue weighted by molar-refractivity contribution is -0.347. The second kappa shape index (κ2) is 14.1. The largest absolute Gasteiger partial charge is 0.377 e. The molecule has 0 aliphatic heterocycles. The molecule has 1 saturated carbocycles. The van der Waals surface area contributed by atoms with E-state index in [1.54, 1.807) is 0 Å². The van der Waals surface area contributed by atoms with E-state index >= 15 is 0 Å². The van der Waals surface area contributed by atoms with Crippen LogP contribution in [0.4, 0.5) is 0 Å². The highest BCUT2D eigenvalue weighted by Gasteiger charge is 2.76. The van der Waals surface area contributed by atoms with Crippen molar-refractivity contribution in [1.29, 1.82) is 0 Å². The Bertz CT molecular complexity index is 514. The Morgan fingerprint density at radius 1 is 0.848 bits per heavy atom. The van der Waals surface area contributed by atoms with Gasteiger partial charge < -0.3 is 4.74 Å². The maximum atomic E-state index is 6.68. The van der Waals surface area contributed by atoms with Crippen molar-refractivity contribution in [3.05, 3.63) is 0 Å². The third-order valence-corrected chi connectivity index (χ3v) is 9.49. The molecule has 1 aliphatic carbocycles. The first kappa shape index (κ1) is 33.2. The predicted octanol–water partition coefficient (Wildman–Crippen LogP) is 10.8. The van der Waals surface area contributed by atoms with Crippen LogP contribution in [0.2, 0.25) is 0 Å². The average Bonchev–Trinajstić information content (AvgIpc) is 2.68. The summed E-state index contributed by atoms with van der Waals surface area (Å²) in [6, 6.07) is 0. The molecule has 1 aliphatic rings. The molecule has 200 valence electrons. The number of alkyl halides is 1. The lowest BCUT2D eigenvalue weighted by Crippen LogP contribution is -2.77. The van der Waals surface area contributed by atoms with E-state index in [1.165, 1.54) is 44.9 Å². The van der Waals surface area contributed by atoms with Crippen LogP contribution in [0.5, 0.6) is 0 Å². The minimum atomic E-state index is 0.190. The van der Waals surface area contributed by atoms with Gasteiger partial charge in [-0.25, -0.2) is 0 Å². The van der Waals surface area contributed by atoms with E-state index in [1.807, 2.05) is 0 Å². The maximum absolute atomic E-state index is 6.68. The summed E-state index contributed by atoms with van der Waals surface area (Å²) in [4.78, 5) is 0. The number of hydrogen-bond acceptors (Lipinski definition) is 1. The summed E-state index contributed by atoms with van der Waals surface area (Å²) in [6.07, 6.45) is 10.8. The molecule has 1 fully saturated rings. The Labute approximate surface area is 215 Å². The molecule has 0 heterocycles. The van der Waals surface area contributed by atoms with Gasteiger partial charge in [0, 0.05) is 17.9 Å². The Morgan fingerprint density at radius 3 is 1.73 bits per heavy atom. The molecule has 2 heteroatoms. The molecule has 0 N–H and O–H groups in total. The summed E-state index contributed by atoms with van der Waals surface area (Å²) in [7, 11) is 0. The van der Waals surface area contributed by atoms with Gasteiger partial charge in [0.1, 0.15) is 0 Å². The zero-order valence-corrected chi connectivity index (χ0v) is 25.9. The molecule has 5 atom stereocenters. The van der Waals surface area contributed by atoms with E-state index in [9.17, 15) is 0 Å². The topological polar surface area (TPSA) is 9.23 Å². The van der Waals surface area contributed by atoms with Gasteiger partial charge in [-0.3, -0.25) is 0 Å². The Balaban J connectivity index is 0.00000150. The van der Waals surface area contributed by atoms with Crippen LogP contribution >= 0.6 is 11.6 Å². The molecule has 0 aromatic rings. The predicted molar refractivity (Wildman–Crippen MR) is 151 cm³/mol. The molecule has 0 radical (unpaired) electrons. The summed E-state index contributed by atoms with van der Waals surface area (Å²) in [5.41, 5.74) is 0.986. The molecule has 0 spiro atoms. The third-order valence-electron chi connectivity index (χ3n) is 9.27. The highest BCUT2D eigenvalue weighted by molar-refractivity contribution is 6.17. The minimum absolute atomic E-state index is 0.190. The summed E-state index contributed by atoms with van der Waals surface area (Å²) in [5, 5.41) is 0. The zero-order valence-electron chi connectivity index (χ0n) is 25.2. The van der Waals surface area contributed by atoms with Gasteiger partial charge in [0.05, 0.1) is 6.10 Å². The Hall–Kier alpha value is 0.250. The van der Waals surface area contributed by atoms with Crippen molar-refractivity contribution >= 4 is 11.6 Å².